The number of piperidine rings is 1. The van der Waals surface area contributed by atoms with Crippen molar-refractivity contribution in [3.05, 3.63) is 54.2 Å². The van der Waals surface area contributed by atoms with Gasteiger partial charge < -0.3 is 19.3 Å². The van der Waals surface area contributed by atoms with Gasteiger partial charge in [0.2, 0.25) is 5.91 Å². The van der Waals surface area contributed by atoms with E-state index in [1.807, 2.05) is 21.9 Å². The van der Waals surface area contributed by atoms with Crippen LogP contribution in [0.5, 0.6) is 0 Å². The van der Waals surface area contributed by atoms with Crippen molar-refractivity contribution in [3.8, 4) is 0 Å². The highest BCUT2D eigenvalue weighted by Crippen LogP contribution is 2.39. The van der Waals surface area contributed by atoms with Crippen molar-refractivity contribution < 1.29 is 37.1 Å². The average Bonchev–Trinajstić information content (AvgIpc) is 3.39. The zero-order chi connectivity index (χ0) is 23.4. The van der Waals surface area contributed by atoms with Crippen LogP contribution in [0.1, 0.15) is 41.6 Å². The third-order valence-corrected chi connectivity index (χ3v) is 5.59. The summed E-state index contributed by atoms with van der Waals surface area (Å²) in [5.41, 5.74) is 1.33. The van der Waals surface area contributed by atoms with E-state index in [4.69, 9.17) is 14.3 Å². The molecular formula is C21H22F3N3O5. The van der Waals surface area contributed by atoms with E-state index in [0.29, 0.717) is 25.1 Å². The molecule has 2 amide bonds. The number of likely N-dealkylation sites (tertiary alicyclic amines) is 2. The molecule has 1 spiro atoms. The summed E-state index contributed by atoms with van der Waals surface area (Å²) in [5, 5.41) is 7.12. The molecule has 4 heterocycles. The summed E-state index contributed by atoms with van der Waals surface area (Å²) in [5.74, 6) is -2.61. The van der Waals surface area contributed by atoms with Crippen LogP contribution in [0.2, 0.25) is 0 Å². The van der Waals surface area contributed by atoms with Crippen LogP contribution >= 0.6 is 0 Å². The Kier molecular flexibility index (Phi) is 6.85. The molecule has 0 aromatic carbocycles. The van der Waals surface area contributed by atoms with Crippen LogP contribution in [0.4, 0.5) is 13.2 Å². The molecule has 0 saturated carbocycles. The highest BCUT2D eigenvalue weighted by Gasteiger charge is 2.48. The lowest BCUT2D eigenvalue weighted by molar-refractivity contribution is -0.192. The third-order valence-electron chi connectivity index (χ3n) is 5.59. The Bertz CT molecular complexity index is 949. The molecule has 1 N–H and O–H groups in total. The number of halogens is 3. The monoisotopic (exact) mass is 453 g/mol. The van der Waals surface area contributed by atoms with Gasteiger partial charge in [-0.2, -0.15) is 13.2 Å². The van der Waals surface area contributed by atoms with E-state index in [9.17, 15) is 22.8 Å². The first-order valence-corrected chi connectivity index (χ1v) is 9.93. The maximum atomic E-state index is 12.7. The van der Waals surface area contributed by atoms with Gasteiger partial charge in [-0.15, -0.1) is 0 Å². The van der Waals surface area contributed by atoms with Crippen LogP contribution < -0.4 is 0 Å². The number of carbonyl (C=O) groups excluding carboxylic acids is 2. The van der Waals surface area contributed by atoms with Crippen LogP contribution in [0.15, 0.2) is 47.5 Å². The van der Waals surface area contributed by atoms with Crippen molar-refractivity contribution >= 4 is 17.8 Å². The molecule has 1 atom stereocenters. The molecule has 32 heavy (non-hydrogen) atoms. The first kappa shape index (κ1) is 23.3. The molecule has 4 rings (SSSR count). The molecule has 0 bridgehead atoms. The second kappa shape index (κ2) is 9.41. The predicted molar refractivity (Wildman–Crippen MR) is 104 cm³/mol. The van der Waals surface area contributed by atoms with Crippen molar-refractivity contribution in [3.63, 3.8) is 0 Å². The van der Waals surface area contributed by atoms with E-state index in [1.54, 1.807) is 18.5 Å². The van der Waals surface area contributed by atoms with Gasteiger partial charge in [-0.05, 0) is 37.0 Å². The number of carboxylic acid groups (broad SMARTS) is 1. The lowest BCUT2D eigenvalue weighted by atomic mass is 9.86. The minimum absolute atomic E-state index is 0.0199. The van der Waals surface area contributed by atoms with E-state index in [-0.39, 0.29) is 17.4 Å². The van der Waals surface area contributed by atoms with Crippen molar-refractivity contribution in [1.82, 2.24) is 14.8 Å². The molecule has 2 aromatic heterocycles. The lowest BCUT2D eigenvalue weighted by Crippen LogP contribution is -2.57. The molecule has 172 valence electrons. The number of hydrogen-bond donors (Lipinski definition) is 1. The minimum Gasteiger partial charge on any atom is -0.475 e. The Morgan fingerprint density at radius 3 is 2.59 bits per heavy atom. The molecule has 11 heteroatoms. The molecule has 8 nitrogen and oxygen atoms in total. The van der Waals surface area contributed by atoms with Crippen molar-refractivity contribution in [2.24, 2.45) is 0 Å². The Labute approximate surface area is 181 Å². The number of rotatable bonds is 3. The first-order chi connectivity index (χ1) is 15.1. The van der Waals surface area contributed by atoms with E-state index < -0.39 is 12.1 Å². The van der Waals surface area contributed by atoms with Gasteiger partial charge in [0.1, 0.15) is 6.26 Å². The predicted octanol–water partition coefficient (Wildman–Crippen LogP) is 3.11. The summed E-state index contributed by atoms with van der Waals surface area (Å²) in [4.78, 5) is 42.1. The van der Waals surface area contributed by atoms with Crippen LogP contribution in [-0.2, 0) is 16.1 Å². The molecule has 1 unspecified atom stereocenters. The smallest absolute Gasteiger partial charge is 0.475 e. The van der Waals surface area contributed by atoms with E-state index in [2.05, 4.69) is 4.98 Å². The topological polar surface area (TPSA) is 104 Å². The van der Waals surface area contributed by atoms with Crippen LogP contribution in [0.3, 0.4) is 0 Å². The van der Waals surface area contributed by atoms with Gasteiger partial charge in [-0.1, -0.05) is 6.07 Å². The third kappa shape index (κ3) is 5.27. The second-order valence-corrected chi connectivity index (χ2v) is 7.71. The van der Waals surface area contributed by atoms with Crippen molar-refractivity contribution in [2.45, 2.75) is 43.9 Å². The average molecular weight is 453 g/mol. The fourth-order valence-corrected chi connectivity index (χ4v) is 4.08. The summed E-state index contributed by atoms with van der Waals surface area (Å²) in [6.45, 7) is 1.87. The Hall–Kier alpha value is -3.37. The number of alkyl halides is 3. The summed E-state index contributed by atoms with van der Waals surface area (Å²) < 4.78 is 36.8. The lowest BCUT2D eigenvalue weighted by Gasteiger charge is -2.46. The maximum Gasteiger partial charge on any atom is 0.490 e. The number of furan rings is 1. The van der Waals surface area contributed by atoms with Gasteiger partial charge in [-0.3, -0.25) is 14.6 Å². The molecule has 0 aliphatic carbocycles. The maximum absolute atomic E-state index is 12.7. The molecule has 2 aromatic rings. The van der Waals surface area contributed by atoms with Crippen LogP contribution in [0, 0.1) is 0 Å². The van der Waals surface area contributed by atoms with Gasteiger partial charge in [0, 0.05) is 38.4 Å². The summed E-state index contributed by atoms with van der Waals surface area (Å²) in [6.07, 6.45) is 4.65. The fraction of sp³-hybridized carbons (Fsp3) is 0.429. The standard InChI is InChI=1S/C19H21N3O3.C2HF3O2/c23-17-4-7-19(22(17)12-15-3-1-8-20-11-15)6-2-9-21(14-19)18(24)16-5-10-25-13-16;3-2(4,5)1(6)7/h1,3,5,8,10-11,13H,2,4,6-7,9,12,14H2;(H,6,7). The van der Waals surface area contributed by atoms with Crippen LogP contribution in [-0.4, -0.2) is 62.5 Å². The van der Waals surface area contributed by atoms with Gasteiger partial charge in [0.15, 0.2) is 0 Å². The summed E-state index contributed by atoms with van der Waals surface area (Å²) in [6, 6.07) is 5.57. The quantitative estimate of drug-likeness (QED) is 0.766. The normalized spacial score (nSPS) is 20.8. The number of amides is 2. The zero-order valence-corrected chi connectivity index (χ0v) is 17.0. The van der Waals surface area contributed by atoms with Gasteiger partial charge in [0.05, 0.1) is 17.4 Å². The Balaban J connectivity index is 0.000000360. The molecule has 0 radical (unpaired) electrons. The number of aromatic nitrogens is 1. The van der Waals surface area contributed by atoms with Crippen LogP contribution in [0.25, 0.3) is 0 Å². The molecular weight excluding hydrogens is 431 g/mol. The Morgan fingerprint density at radius 2 is 2.00 bits per heavy atom. The number of nitrogens with zero attached hydrogens (tertiary/aromatic N) is 3. The SMILES string of the molecule is O=C(O)C(F)(F)F.O=C(c1ccoc1)N1CCCC2(CCC(=O)N2Cc2cccnc2)C1. The van der Waals surface area contributed by atoms with Crippen molar-refractivity contribution in [2.75, 3.05) is 13.1 Å². The van der Waals surface area contributed by atoms with Gasteiger partial charge >= 0.3 is 12.1 Å². The first-order valence-electron chi connectivity index (χ1n) is 9.93. The number of aliphatic carboxylic acids is 1. The second-order valence-electron chi connectivity index (χ2n) is 7.71. The fourth-order valence-electron chi connectivity index (χ4n) is 4.08. The summed E-state index contributed by atoms with van der Waals surface area (Å²) in [7, 11) is 0. The van der Waals surface area contributed by atoms with Gasteiger partial charge in [-0.25, -0.2) is 4.79 Å². The number of carbonyl (C=O) groups is 3. The van der Waals surface area contributed by atoms with E-state index in [0.717, 1.165) is 31.4 Å². The van der Waals surface area contributed by atoms with Crippen molar-refractivity contribution in [1.29, 1.82) is 0 Å². The van der Waals surface area contributed by atoms with E-state index >= 15 is 0 Å². The number of carboxylic acids is 1. The molecule has 2 saturated heterocycles. The van der Waals surface area contributed by atoms with Gasteiger partial charge in [0.25, 0.3) is 5.91 Å². The largest absolute Gasteiger partial charge is 0.490 e. The number of pyridine rings is 1. The highest BCUT2D eigenvalue weighted by atomic mass is 19.4. The molecule has 2 aliphatic heterocycles. The number of hydrogen-bond acceptors (Lipinski definition) is 5. The summed E-state index contributed by atoms with van der Waals surface area (Å²) >= 11 is 0. The molecule has 2 fully saturated rings. The Morgan fingerprint density at radius 1 is 1.25 bits per heavy atom. The zero-order valence-electron chi connectivity index (χ0n) is 17.0. The van der Waals surface area contributed by atoms with E-state index in [1.165, 1.54) is 12.5 Å². The highest BCUT2D eigenvalue weighted by molar-refractivity contribution is 5.94. The molecule has 2 aliphatic rings. The minimum atomic E-state index is -5.08.